The van der Waals surface area contributed by atoms with Gasteiger partial charge in [0, 0.05) is 48.8 Å². The minimum Gasteiger partial charge on any atom is -0.448 e. The fraction of sp³-hybridized carbons (Fsp3) is 0.312. The zero-order chi connectivity index (χ0) is 28.2. The van der Waals surface area contributed by atoms with Crippen molar-refractivity contribution < 1.29 is 19.1 Å². The van der Waals surface area contributed by atoms with E-state index in [0.29, 0.717) is 25.9 Å². The van der Waals surface area contributed by atoms with Crippen LogP contribution in [0.5, 0.6) is 0 Å². The van der Waals surface area contributed by atoms with Crippen LogP contribution in [-0.4, -0.2) is 48.9 Å². The van der Waals surface area contributed by atoms with Crippen molar-refractivity contribution in [1.29, 1.82) is 0 Å². The van der Waals surface area contributed by atoms with Gasteiger partial charge in [-0.2, -0.15) is 0 Å². The molecule has 0 bridgehead atoms. The Bertz CT molecular complexity index is 1180. The summed E-state index contributed by atoms with van der Waals surface area (Å²) in [5.74, 6) is -1.91. The highest BCUT2D eigenvalue weighted by Gasteiger charge is 2.28. The molecule has 0 amide bonds. The molecule has 4 rings (SSSR count). The number of benzene rings is 2. The molecule has 2 aromatic heterocycles. The van der Waals surface area contributed by atoms with Crippen molar-refractivity contribution in [2.45, 2.75) is 38.1 Å². The number of nitrogens with zero attached hydrogens (tertiary/aromatic N) is 2. The summed E-state index contributed by atoms with van der Waals surface area (Å²) in [4.78, 5) is 32.1. The molecule has 8 heteroatoms. The molecule has 210 valence electrons. The van der Waals surface area contributed by atoms with Gasteiger partial charge in [0.2, 0.25) is 0 Å². The number of carbonyl (C=O) groups is 2. The third kappa shape index (κ3) is 9.41. The number of esters is 2. The van der Waals surface area contributed by atoms with Crippen molar-refractivity contribution in [2.24, 2.45) is 0 Å². The van der Waals surface area contributed by atoms with Crippen LogP contribution in [0, 0.1) is 0 Å². The number of thiophene rings is 2. The fourth-order valence-electron chi connectivity index (χ4n) is 4.45. The molecular weight excluding hydrogens is 540 g/mol. The van der Waals surface area contributed by atoms with Gasteiger partial charge in [-0.25, -0.2) is 9.59 Å². The van der Waals surface area contributed by atoms with Gasteiger partial charge < -0.3 is 19.3 Å². The van der Waals surface area contributed by atoms with Crippen molar-refractivity contribution in [3.8, 4) is 0 Å². The summed E-state index contributed by atoms with van der Waals surface area (Å²) in [6.07, 6.45) is 0.106. The quantitative estimate of drug-likeness (QED) is 0.123. The minimum atomic E-state index is -0.955. The zero-order valence-electron chi connectivity index (χ0n) is 23.0. The van der Waals surface area contributed by atoms with E-state index in [1.165, 1.54) is 33.8 Å². The van der Waals surface area contributed by atoms with E-state index in [9.17, 15) is 9.59 Å². The Morgan fingerprint density at radius 3 is 1.38 bits per heavy atom. The highest BCUT2D eigenvalue weighted by Crippen LogP contribution is 2.29. The Morgan fingerprint density at radius 2 is 1.02 bits per heavy atom. The van der Waals surface area contributed by atoms with Gasteiger partial charge in [0.25, 0.3) is 0 Å². The van der Waals surface area contributed by atoms with Gasteiger partial charge in [-0.15, -0.1) is 22.7 Å². The third-order valence-electron chi connectivity index (χ3n) is 6.52. The lowest BCUT2D eigenvalue weighted by Crippen LogP contribution is -2.28. The molecule has 0 aliphatic heterocycles. The average molecular weight is 577 g/mol. The standard InChI is InChI=1S/C32H36N2O4S2/c1-33(23-25-11-5-3-6-12-25)19-17-27(29-15-9-21-39-29)37-31(35)32(36)38-28(30-16-10-22-40-30)18-20-34(2)24-26-13-7-4-8-14-26/h3-16,21-22,27-28H,17-20,23-24H2,1-2H3/t27-,28-/m0/s1. The SMILES string of the molecule is CN(CC[C@H](OC(=O)C(=O)O[C@@H](CCN(C)Cc1ccccc1)c1cccs1)c1cccs1)Cc1ccccc1. The van der Waals surface area contributed by atoms with Crippen LogP contribution in [0.4, 0.5) is 0 Å². The smallest absolute Gasteiger partial charge is 0.418 e. The first-order valence-corrected chi connectivity index (χ1v) is 15.2. The number of rotatable bonds is 14. The number of hydrogen-bond acceptors (Lipinski definition) is 8. The second-order valence-electron chi connectivity index (χ2n) is 9.84. The number of ether oxygens (including phenoxy) is 2. The predicted molar refractivity (Wildman–Crippen MR) is 161 cm³/mol. The van der Waals surface area contributed by atoms with E-state index in [0.717, 1.165) is 22.8 Å². The molecule has 0 unspecified atom stereocenters. The molecule has 0 radical (unpaired) electrons. The van der Waals surface area contributed by atoms with Crippen molar-refractivity contribution in [3.05, 3.63) is 117 Å². The van der Waals surface area contributed by atoms with Gasteiger partial charge in [0.15, 0.2) is 0 Å². The number of carbonyl (C=O) groups excluding carboxylic acids is 2. The summed E-state index contributed by atoms with van der Waals surface area (Å²) in [6, 6.07) is 28.2. The molecule has 6 nitrogen and oxygen atoms in total. The first-order chi connectivity index (χ1) is 19.5. The fourth-order valence-corrected chi connectivity index (χ4v) is 6.02. The Kier molecular flexibility index (Phi) is 11.5. The topological polar surface area (TPSA) is 59.1 Å². The normalized spacial score (nSPS) is 12.8. The van der Waals surface area contributed by atoms with Crippen LogP contribution in [0.2, 0.25) is 0 Å². The largest absolute Gasteiger partial charge is 0.448 e. The van der Waals surface area contributed by atoms with Gasteiger partial charge >= 0.3 is 11.9 Å². The molecule has 0 aliphatic carbocycles. The van der Waals surface area contributed by atoms with Crippen LogP contribution in [0.15, 0.2) is 95.7 Å². The molecule has 0 aliphatic rings. The molecular formula is C32H36N2O4S2. The maximum Gasteiger partial charge on any atom is 0.418 e. The van der Waals surface area contributed by atoms with Crippen molar-refractivity contribution >= 4 is 34.6 Å². The van der Waals surface area contributed by atoms with Crippen LogP contribution >= 0.6 is 22.7 Å². The van der Waals surface area contributed by atoms with Crippen LogP contribution in [-0.2, 0) is 32.2 Å². The molecule has 0 spiro atoms. The average Bonchev–Trinajstić information content (AvgIpc) is 3.69. The summed E-state index contributed by atoms with van der Waals surface area (Å²) in [6.45, 7) is 2.97. The predicted octanol–water partition coefficient (Wildman–Crippen LogP) is 6.72. The highest BCUT2D eigenvalue weighted by molar-refractivity contribution is 7.10. The highest BCUT2D eigenvalue weighted by atomic mass is 32.1. The van der Waals surface area contributed by atoms with Crippen molar-refractivity contribution in [1.82, 2.24) is 9.80 Å². The van der Waals surface area contributed by atoms with E-state index in [2.05, 4.69) is 34.1 Å². The van der Waals surface area contributed by atoms with Crippen LogP contribution in [0.3, 0.4) is 0 Å². The van der Waals surface area contributed by atoms with Gasteiger partial charge in [-0.1, -0.05) is 72.8 Å². The Hall–Kier alpha value is -3.30. The van der Waals surface area contributed by atoms with Crippen LogP contribution < -0.4 is 0 Å². The summed E-state index contributed by atoms with van der Waals surface area (Å²) in [7, 11) is 4.07. The molecule has 2 heterocycles. The molecule has 0 N–H and O–H groups in total. The minimum absolute atomic E-state index is 0.518. The van der Waals surface area contributed by atoms with E-state index in [1.54, 1.807) is 0 Å². The Labute approximate surface area is 244 Å². The van der Waals surface area contributed by atoms with E-state index >= 15 is 0 Å². The summed E-state index contributed by atoms with van der Waals surface area (Å²) in [5.41, 5.74) is 2.43. The molecule has 2 atom stereocenters. The first kappa shape index (κ1) is 29.7. The Morgan fingerprint density at radius 1 is 0.625 bits per heavy atom. The maximum atomic E-state index is 13.0. The molecule has 0 saturated heterocycles. The molecule has 4 aromatic rings. The van der Waals surface area contributed by atoms with Gasteiger partial charge in [-0.05, 0) is 48.1 Å². The monoisotopic (exact) mass is 576 g/mol. The van der Waals surface area contributed by atoms with Gasteiger partial charge in [-0.3, -0.25) is 0 Å². The summed E-state index contributed by atoms with van der Waals surface area (Å²) in [5, 5.41) is 3.89. The second kappa shape index (κ2) is 15.5. The van der Waals surface area contributed by atoms with Crippen molar-refractivity contribution in [3.63, 3.8) is 0 Å². The lowest BCUT2D eigenvalue weighted by atomic mass is 10.1. The van der Waals surface area contributed by atoms with Crippen molar-refractivity contribution in [2.75, 3.05) is 27.2 Å². The van der Waals surface area contributed by atoms with Crippen LogP contribution in [0.1, 0.15) is 45.9 Å². The molecule has 0 fully saturated rings. The molecule has 40 heavy (non-hydrogen) atoms. The van der Waals surface area contributed by atoms with E-state index in [4.69, 9.17) is 9.47 Å². The summed E-state index contributed by atoms with van der Waals surface area (Å²) < 4.78 is 11.5. The van der Waals surface area contributed by atoms with Gasteiger partial charge in [0.05, 0.1) is 0 Å². The van der Waals surface area contributed by atoms with E-state index < -0.39 is 24.1 Å². The lowest BCUT2D eigenvalue weighted by Gasteiger charge is -2.23. The third-order valence-corrected chi connectivity index (χ3v) is 8.45. The van der Waals surface area contributed by atoms with Gasteiger partial charge in [0.1, 0.15) is 12.2 Å². The Balaban J connectivity index is 1.33. The van der Waals surface area contributed by atoms with Crippen LogP contribution in [0.25, 0.3) is 0 Å². The second-order valence-corrected chi connectivity index (χ2v) is 11.8. The summed E-state index contributed by atoms with van der Waals surface area (Å²) >= 11 is 3.03. The molecule has 2 aromatic carbocycles. The van der Waals surface area contributed by atoms with E-state index in [1.807, 2.05) is 85.5 Å². The van der Waals surface area contributed by atoms with E-state index in [-0.39, 0.29) is 0 Å². The zero-order valence-corrected chi connectivity index (χ0v) is 24.6. The number of hydrogen-bond donors (Lipinski definition) is 0. The molecule has 0 saturated carbocycles. The maximum absolute atomic E-state index is 13.0. The first-order valence-electron chi connectivity index (χ1n) is 13.4. The lowest BCUT2D eigenvalue weighted by molar-refractivity contribution is -0.175.